The maximum atomic E-state index is 10.2. The number of carbonyl (C=O) groups is 2. The van der Waals surface area contributed by atoms with Gasteiger partial charge in [-0.1, -0.05) is 26.0 Å². The molecule has 0 saturated heterocycles. The number of carboxylic acid groups (broad SMARTS) is 2. The van der Waals surface area contributed by atoms with Crippen molar-refractivity contribution in [1.29, 1.82) is 0 Å². The third-order valence-corrected chi connectivity index (χ3v) is 4.11. The molecule has 2 aromatic rings. The quantitative estimate of drug-likeness (QED) is 0.562. The molecule has 0 atom stereocenters. The van der Waals surface area contributed by atoms with E-state index in [1.165, 1.54) is 0 Å². The van der Waals surface area contributed by atoms with Crippen LogP contribution in [0.15, 0.2) is 34.3 Å². The van der Waals surface area contributed by atoms with Crippen LogP contribution in [0.2, 0.25) is 0 Å². The number of aliphatic imine (C=N–C) groups is 2. The van der Waals surface area contributed by atoms with Crippen LogP contribution in [-0.2, 0) is 39.2 Å². The molecule has 0 aliphatic rings. The van der Waals surface area contributed by atoms with Gasteiger partial charge in [-0.05, 0) is 74.9 Å². The van der Waals surface area contributed by atoms with E-state index in [0.29, 0.717) is 11.1 Å². The maximum Gasteiger partial charge on any atom is 2.00 e. The number of nitrogens with zero attached hydrogens (tertiary/aromatic N) is 2. The Labute approximate surface area is 211 Å². The second-order valence-electron chi connectivity index (χ2n) is 7.18. The third kappa shape index (κ3) is 13.4. The van der Waals surface area contributed by atoms with Crippen molar-refractivity contribution in [2.75, 3.05) is 6.67 Å². The van der Waals surface area contributed by atoms with Gasteiger partial charge in [0.2, 0.25) is 0 Å². The van der Waals surface area contributed by atoms with Crippen molar-refractivity contribution in [3.8, 4) is 11.5 Å². The minimum absolute atomic E-state index is 0. The number of hydrogen-bond donors (Lipinski definition) is 2. The summed E-state index contributed by atoms with van der Waals surface area (Å²) >= 11 is 0. The Morgan fingerprint density at radius 1 is 0.794 bits per heavy atom. The Morgan fingerprint density at radius 3 is 1.35 bits per heavy atom. The SMILES string of the molecule is CC(=O)[O-].CC(=O)[O-].CCc1cc(C)cc(C=NCN=Cc2cc(C)cc(CC)c2O)c1O.[Co+2]. The van der Waals surface area contributed by atoms with Crippen LogP contribution in [0.25, 0.3) is 0 Å². The number of phenolic OH excluding ortho intramolecular Hbond substituents is 2. The molecule has 34 heavy (non-hydrogen) atoms. The summed E-state index contributed by atoms with van der Waals surface area (Å²) in [7, 11) is 0. The van der Waals surface area contributed by atoms with Crippen LogP contribution in [0.5, 0.6) is 11.5 Å². The van der Waals surface area contributed by atoms with Crippen molar-refractivity contribution in [3.63, 3.8) is 0 Å². The summed E-state index contributed by atoms with van der Waals surface area (Å²) in [5, 5.41) is 38.2. The van der Waals surface area contributed by atoms with Crippen molar-refractivity contribution in [2.24, 2.45) is 9.98 Å². The van der Waals surface area contributed by atoms with Gasteiger partial charge in [-0.25, -0.2) is 0 Å². The molecule has 0 aliphatic heterocycles. The van der Waals surface area contributed by atoms with Crippen LogP contribution in [0.1, 0.15) is 61.1 Å². The molecule has 187 valence electrons. The number of aryl methyl sites for hydroxylation is 4. The first-order valence-electron chi connectivity index (χ1n) is 10.4. The van der Waals surface area contributed by atoms with E-state index in [1.807, 2.05) is 52.0 Å². The molecule has 0 bridgehead atoms. The fraction of sp³-hybridized carbons (Fsp3) is 0.360. The number of rotatable bonds is 6. The zero-order valence-corrected chi connectivity index (χ0v) is 21.4. The van der Waals surface area contributed by atoms with Crippen LogP contribution in [0, 0.1) is 13.8 Å². The van der Waals surface area contributed by atoms with Crippen molar-refractivity contribution in [2.45, 2.75) is 54.4 Å². The molecular formula is C25H32CoN2O6. The number of carboxylic acids is 2. The summed E-state index contributed by atoms with van der Waals surface area (Å²) in [6, 6.07) is 7.77. The molecule has 1 radical (unpaired) electrons. The Kier molecular flexibility index (Phi) is 16.8. The molecule has 0 saturated carbocycles. The van der Waals surface area contributed by atoms with Gasteiger partial charge in [-0.2, -0.15) is 0 Å². The predicted molar refractivity (Wildman–Crippen MR) is 126 cm³/mol. The molecular weight excluding hydrogens is 483 g/mol. The van der Waals surface area contributed by atoms with Crippen LogP contribution in [0.4, 0.5) is 0 Å². The topological polar surface area (TPSA) is 145 Å². The molecule has 0 aromatic heterocycles. The average Bonchev–Trinajstić information content (AvgIpc) is 2.71. The van der Waals surface area contributed by atoms with Crippen molar-refractivity contribution in [3.05, 3.63) is 57.6 Å². The molecule has 0 fully saturated rings. The molecule has 0 amide bonds. The van der Waals surface area contributed by atoms with E-state index in [0.717, 1.165) is 48.9 Å². The Hall–Kier alpha value is -3.17. The smallest absolute Gasteiger partial charge is 0.550 e. The molecule has 0 heterocycles. The fourth-order valence-electron chi connectivity index (χ4n) is 2.83. The Bertz CT molecular complexity index is 916. The minimum Gasteiger partial charge on any atom is -0.550 e. The van der Waals surface area contributed by atoms with E-state index in [9.17, 15) is 10.2 Å². The van der Waals surface area contributed by atoms with Gasteiger partial charge in [0.25, 0.3) is 0 Å². The van der Waals surface area contributed by atoms with Crippen molar-refractivity contribution >= 4 is 24.4 Å². The van der Waals surface area contributed by atoms with E-state index in [1.54, 1.807) is 12.4 Å². The predicted octanol–water partition coefficient (Wildman–Crippen LogP) is 1.84. The first-order chi connectivity index (χ1) is 15.4. The molecule has 0 spiro atoms. The summed E-state index contributed by atoms with van der Waals surface area (Å²) in [5.41, 5.74) is 5.44. The van der Waals surface area contributed by atoms with Crippen LogP contribution >= 0.6 is 0 Å². The number of aliphatic carboxylic acids is 2. The molecule has 0 aliphatic carbocycles. The van der Waals surface area contributed by atoms with Gasteiger partial charge >= 0.3 is 16.8 Å². The standard InChI is InChI=1S/C21H26N2O2.2C2H4O2.Co/c1-5-16-7-14(3)9-18(20(16)24)11-22-13-23-12-19-10-15(4)8-17(6-2)21(19)25;2*1-2(3)4;/h7-12,24-25H,5-6,13H2,1-4H3;2*1H3,(H,3,4);/q;;;+2/p-2. The molecule has 9 heteroatoms. The summed E-state index contributed by atoms with van der Waals surface area (Å²) < 4.78 is 0. The van der Waals surface area contributed by atoms with Gasteiger partial charge < -0.3 is 30.0 Å². The van der Waals surface area contributed by atoms with Crippen LogP contribution < -0.4 is 10.2 Å². The minimum atomic E-state index is -1.08. The van der Waals surface area contributed by atoms with E-state index in [2.05, 4.69) is 9.98 Å². The monoisotopic (exact) mass is 515 g/mol. The number of benzene rings is 2. The molecule has 8 nitrogen and oxygen atoms in total. The van der Waals surface area contributed by atoms with Gasteiger partial charge in [0.1, 0.15) is 18.2 Å². The Morgan fingerprint density at radius 2 is 1.09 bits per heavy atom. The third-order valence-electron chi connectivity index (χ3n) is 4.11. The number of carbonyl (C=O) groups excluding carboxylic acids is 2. The van der Waals surface area contributed by atoms with Gasteiger partial charge in [0.05, 0.1) is 0 Å². The maximum absolute atomic E-state index is 10.2. The van der Waals surface area contributed by atoms with Crippen molar-refractivity contribution in [1.82, 2.24) is 0 Å². The van der Waals surface area contributed by atoms with E-state index in [4.69, 9.17) is 19.8 Å². The fourth-order valence-corrected chi connectivity index (χ4v) is 2.83. The molecule has 2 N–H and O–H groups in total. The second kappa shape index (κ2) is 17.3. The number of aromatic hydroxyl groups is 2. The second-order valence-corrected chi connectivity index (χ2v) is 7.18. The summed E-state index contributed by atoms with van der Waals surface area (Å²) in [5.74, 6) is -1.60. The summed E-state index contributed by atoms with van der Waals surface area (Å²) in [6.07, 6.45) is 4.84. The summed E-state index contributed by atoms with van der Waals surface area (Å²) in [6.45, 7) is 10.2. The zero-order chi connectivity index (χ0) is 25.6. The van der Waals surface area contributed by atoms with E-state index < -0.39 is 11.9 Å². The number of hydrogen-bond acceptors (Lipinski definition) is 8. The first kappa shape index (κ1) is 33.0. The van der Waals surface area contributed by atoms with Gasteiger partial charge in [0, 0.05) is 35.5 Å². The van der Waals surface area contributed by atoms with Crippen molar-refractivity contribution < 1.29 is 46.8 Å². The Balaban J connectivity index is 0. The van der Waals surface area contributed by atoms with Crippen LogP contribution in [0.3, 0.4) is 0 Å². The zero-order valence-electron chi connectivity index (χ0n) is 20.3. The van der Waals surface area contributed by atoms with Gasteiger partial charge in [0.15, 0.2) is 0 Å². The number of phenols is 2. The molecule has 2 rings (SSSR count). The average molecular weight is 515 g/mol. The van der Waals surface area contributed by atoms with Crippen LogP contribution in [-0.4, -0.2) is 41.2 Å². The molecule has 0 unspecified atom stereocenters. The van der Waals surface area contributed by atoms with E-state index in [-0.39, 0.29) is 34.9 Å². The first-order valence-corrected chi connectivity index (χ1v) is 10.4. The summed E-state index contributed by atoms with van der Waals surface area (Å²) in [4.78, 5) is 26.3. The largest absolute Gasteiger partial charge is 2.00 e. The van der Waals surface area contributed by atoms with Gasteiger partial charge in [-0.15, -0.1) is 0 Å². The van der Waals surface area contributed by atoms with E-state index >= 15 is 0 Å². The normalized spacial score (nSPS) is 10.1. The van der Waals surface area contributed by atoms with Gasteiger partial charge in [-0.3, -0.25) is 9.98 Å². The molecule has 2 aromatic carbocycles.